The summed E-state index contributed by atoms with van der Waals surface area (Å²) >= 11 is 1.56. The van der Waals surface area contributed by atoms with E-state index in [2.05, 4.69) is 5.32 Å². The first-order valence-electron chi connectivity index (χ1n) is 8.27. The minimum atomic E-state index is -0.207. The molecule has 0 heterocycles. The van der Waals surface area contributed by atoms with E-state index in [0.717, 1.165) is 0 Å². The summed E-state index contributed by atoms with van der Waals surface area (Å²) in [6, 6.07) is 11.7. The second-order valence-corrected chi connectivity index (χ2v) is 6.86. The maximum absolute atomic E-state index is 13.5. The molecule has 0 radical (unpaired) electrons. The Labute approximate surface area is 157 Å². The van der Waals surface area contributed by atoms with Crippen LogP contribution in [0.15, 0.2) is 42.5 Å². The van der Waals surface area contributed by atoms with Gasteiger partial charge in [0.15, 0.2) is 5.78 Å². The largest absolute Gasteiger partial charge is 0.496 e. The fourth-order valence-electron chi connectivity index (χ4n) is 2.43. The van der Waals surface area contributed by atoms with Gasteiger partial charge in [0.1, 0.15) is 11.6 Å². The summed E-state index contributed by atoms with van der Waals surface area (Å²) in [5.41, 5.74) is 1.89. The van der Waals surface area contributed by atoms with Gasteiger partial charge in [-0.1, -0.05) is 18.2 Å². The molecule has 6 heteroatoms. The summed E-state index contributed by atoms with van der Waals surface area (Å²) in [5, 5.41) is 2.84. The van der Waals surface area contributed by atoms with Gasteiger partial charge in [-0.25, -0.2) is 4.39 Å². The number of methoxy groups -OCH3 is 1. The van der Waals surface area contributed by atoms with Gasteiger partial charge in [0.05, 0.1) is 13.5 Å². The van der Waals surface area contributed by atoms with Crippen molar-refractivity contribution in [2.75, 3.05) is 19.4 Å². The Balaban J connectivity index is 1.79. The first kappa shape index (κ1) is 20.0. The number of rotatable bonds is 9. The Morgan fingerprint density at radius 2 is 1.92 bits per heavy atom. The van der Waals surface area contributed by atoms with E-state index in [0.29, 0.717) is 40.5 Å². The zero-order chi connectivity index (χ0) is 18.9. The highest BCUT2D eigenvalue weighted by Gasteiger charge is 2.11. The zero-order valence-corrected chi connectivity index (χ0v) is 15.7. The lowest BCUT2D eigenvalue weighted by Gasteiger charge is -2.10. The van der Waals surface area contributed by atoms with Gasteiger partial charge in [-0.2, -0.15) is 11.8 Å². The number of amides is 1. The molecule has 26 heavy (non-hydrogen) atoms. The summed E-state index contributed by atoms with van der Waals surface area (Å²) in [6.45, 7) is 1.98. The molecule has 0 aromatic heterocycles. The van der Waals surface area contributed by atoms with Crippen LogP contribution >= 0.6 is 11.8 Å². The molecule has 0 aliphatic rings. The normalized spacial score (nSPS) is 10.4. The van der Waals surface area contributed by atoms with Crippen molar-refractivity contribution in [1.82, 2.24) is 5.32 Å². The van der Waals surface area contributed by atoms with E-state index < -0.39 is 0 Å². The second kappa shape index (κ2) is 9.97. The number of halogens is 1. The third kappa shape index (κ3) is 5.88. The highest BCUT2D eigenvalue weighted by atomic mass is 32.2. The van der Waals surface area contributed by atoms with Crippen molar-refractivity contribution >= 4 is 23.5 Å². The molecule has 0 saturated heterocycles. The highest BCUT2D eigenvalue weighted by molar-refractivity contribution is 7.98. The topological polar surface area (TPSA) is 55.4 Å². The van der Waals surface area contributed by atoms with Gasteiger partial charge >= 0.3 is 0 Å². The minimum Gasteiger partial charge on any atom is -0.496 e. The van der Waals surface area contributed by atoms with Crippen LogP contribution in [0.3, 0.4) is 0 Å². The number of carbonyl (C=O) groups excluding carboxylic acids is 2. The number of carbonyl (C=O) groups is 2. The predicted octanol–water partition coefficient (Wildman–Crippen LogP) is 3.63. The predicted molar refractivity (Wildman–Crippen MR) is 102 cm³/mol. The van der Waals surface area contributed by atoms with Gasteiger partial charge in [0.25, 0.3) is 0 Å². The van der Waals surface area contributed by atoms with Crippen LogP contribution in [0.25, 0.3) is 0 Å². The van der Waals surface area contributed by atoms with Crippen LogP contribution in [0.4, 0.5) is 4.39 Å². The third-order valence-corrected chi connectivity index (χ3v) is 4.83. The number of thioether (sulfide) groups is 1. The maximum Gasteiger partial charge on any atom is 0.224 e. The Kier molecular flexibility index (Phi) is 7.66. The summed E-state index contributed by atoms with van der Waals surface area (Å²) in [7, 11) is 1.53. The molecular formula is C20H22FNO3S. The maximum atomic E-state index is 13.5. The Morgan fingerprint density at radius 3 is 2.62 bits per heavy atom. The molecular weight excluding hydrogens is 353 g/mol. The van der Waals surface area contributed by atoms with Crippen molar-refractivity contribution in [3.05, 3.63) is 65.0 Å². The number of hydrogen-bond acceptors (Lipinski definition) is 4. The van der Waals surface area contributed by atoms with Crippen LogP contribution in [-0.2, 0) is 17.0 Å². The van der Waals surface area contributed by atoms with Crippen LogP contribution in [0.5, 0.6) is 5.75 Å². The van der Waals surface area contributed by atoms with Crippen LogP contribution in [0.1, 0.15) is 28.4 Å². The molecule has 1 amide bonds. The Bertz CT molecular complexity index is 779. The molecule has 2 rings (SSSR count). The van der Waals surface area contributed by atoms with E-state index in [1.165, 1.54) is 20.1 Å². The molecule has 138 valence electrons. The van der Waals surface area contributed by atoms with Gasteiger partial charge in [-0.15, -0.1) is 0 Å². The Hall–Kier alpha value is -2.34. The summed E-state index contributed by atoms with van der Waals surface area (Å²) in [6.07, 6.45) is 0.141. The monoisotopic (exact) mass is 375 g/mol. The lowest BCUT2D eigenvalue weighted by molar-refractivity contribution is -0.120. The number of Topliss-reactive ketones (excluding diaryl/α,β-unsaturated/α-hetero) is 1. The minimum absolute atomic E-state index is 0.0566. The van der Waals surface area contributed by atoms with Gasteiger partial charge in [0, 0.05) is 29.2 Å². The van der Waals surface area contributed by atoms with Crippen LogP contribution in [0, 0.1) is 5.82 Å². The van der Waals surface area contributed by atoms with E-state index in [4.69, 9.17) is 4.74 Å². The number of benzene rings is 2. The molecule has 0 aliphatic heterocycles. The molecule has 4 nitrogen and oxygen atoms in total. The number of hydrogen-bond donors (Lipinski definition) is 1. The standard InChI is InChI=1S/C20H22FNO3S/c1-14(23)15-7-8-19(25-2)17(11-15)12-20(24)22-9-10-26-13-16-5-3-4-6-18(16)21/h3-8,11H,9-10,12-13H2,1-2H3,(H,22,24). The molecule has 0 aliphatic carbocycles. The molecule has 0 spiro atoms. The molecule has 0 saturated carbocycles. The molecule has 1 N–H and O–H groups in total. The average Bonchev–Trinajstić information content (AvgIpc) is 2.62. The van der Waals surface area contributed by atoms with Crippen molar-refractivity contribution in [2.45, 2.75) is 19.1 Å². The Morgan fingerprint density at radius 1 is 1.15 bits per heavy atom. The van der Waals surface area contributed by atoms with Gasteiger partial charge in [-0.3, -0.25) is 9.59 Å². The van der Waals surface area contributed by atoms with E-state index >= 15 is 0 Å². The van der Waals surface area contributed by atoms with Crippen LogP contribution in [0.2, 0.25) is 0 Å². The SMILES string of the molecule is COc1ccc(C(C)=O)cc1CC(=O)NCCSCc1ccccc1F. The zero-order valence-electron chi connectivity index (χ0n) is 14.9. The third-order valence-electron chi connectivity index (χ3n) is 3.82. The van der Waals surface area contributed by atoms with Crippen molar-refractivity contribution in [3.8, 4) is 5.75 Å². The molecule has 0 bridgehead atoms. The fraction of sp³-hybridized carbons (Fsp3) is 0.300. The quantitative estimate of drug-likeness (QED) is 0.537. The molecule has 0 atom stereocenters. The van der Waals surface area contributed by atoms with E-state index in [1.807, 2.05) is 6.07 Å². The molecule has 0 unspecified atom stereocenters. The number of ether oxygens (including phenoxy) is 1. The highest BCUT2D eigenvalue weighted by Crippen LogP contribution is 2.21. The number of ketones is 1. The lowest BCUT2D eigenvalue weighted by atomic mass is 10.0. The van der Waals surface area contributed by atoms with Crippen LogP contribution < -0.4 is 10.1 Å². The summed E-state index contributed by atoms with van der Waals surface area (Å²) < 4.78 is 18.8. The molecule has 2 aromatic carbocycles. The fourth-order valence-corrected chi connectivity index (χ4v) is 3.28. The van der Waals surface area contributed by atoms with E-state index in [1.54, 1.807) is 42.1 Å². The number of nitrogens with one attached hydrogen (secondary N) is 1. The van der Waals surface area contributed by atoms with Gasteiger partial charge in [0.2, 0.25) is 5.91 Å². The summed E-state index contributed by atoms with van der Waals surface area (Å²) in [5.74, 6) is 1.43. The first-order valence-corrected chi connectivity index (χ1v) is 9.42. The second-order valence-electron chi connectivity index (χ2n) is 5.75. The van der Waals surface area contributed by atoms with Crippen molar-refractivity contribution in [3.63, 3.8) is 0 Å². The van der Waals surface area contributed by atoms with E-state index in [9.17, 15) is 14.0 Å². The van der Waals surface area contributed by atoms with Crippen molar-refractivity contribution in [2.24, 2.45) is 0 Å². The smallest absolute Gasteiger partial charge is 0.224 e. The lowest BCUT2D eigenvalue weighted by Crippen LogP contribution is -2.27. The van der Waals surface area contributed by atoms with Gasteiger partial charge < -0.3 is 10.1 Å². The van der Waals surface area contributed by atoms with Crippen molar-refractivity contribution in [1.29, 1.82) is 0 Å². The average molecular weight is 375 g/mol. The van der Waals surface area contributed by atoms with Gasteiger partial charge in [-0.05, 0) is 36.8 Å². The summed E-state index contributed by atoms with van der Waals surface area (Å²) in [4.78, 5) is 23.6. The van der Waals surface area contributed by atoms with Crippen LogP contribution in [-0.4, -0.2) is 31.1 Å². The first-order chi connectivity index (χ1) is 12.5. The molecule has 2 aromatic rings. The van der Waals surface area contributed by atoms with E-state index in [-0.39, 0.29) is 23.9 Å². The van der Waals surface area contributed by atoms with Crippen molar-refractivity contribution < 1.29 is 18.7 Å². The molecule has 0 fully saturated rings.